The first kappa shape index (κ1) is 20.7. The van der Waals surface area contributed by atoms with Gasteiger partial charge in [-0.3, -0.25) is 0 Å². The van der Waals surface area contributed by atoms with Crippen LogP contribution in [0.1, 0.15) is 83.9 Å². The Kier molecular flexibility index (Phi) is 5.11. The van der Waals surface area contributed by atoms with E-state index in [9.17, 15) is 5.11 Å². The third-order valence-corrected chi connectivity index (χ3v) is 10.3. The zero-order valence-electron chi connectivity index (χ0n) is 19.2. The number of hydrogen-bond acceptors (Lipinski definition) is 4. The van der Waals surface area contributed by atoms with Crippen LogP contribution < -0.4 is 0 Å². The molecular weight excluding hydrogens is 372 g/mol. The summed E-state index contributed by atoms with van der Waals surface area (Å²) in [6.45, 7) is 12.0. The van der Waals surface area contributed by atoms with Crippen molar-refractivity contribution in [3.63, 3.8) is 0 Å². The molecule has 4 fully saturated rings. The van der Waals surface area contributed by atoms with E-state index in [0.29, 0.717) is 11.3 Å². The molecule has 5 rings (SSSR count). The van der Waals surface area contributed by atoms with Gasteiger partial charge in [0.25, 0.3) is 0 Å². The molecule has 4 aliphatic rings. The van der Waals surface area contributed by atoms with Crippen molar-refractivity contribution in [2.24, 2.45) is 40.9 Å². The molecule has 1 N–H and O–H groups in total. The number of rotatable bonds is 4. The normalized spacial score (nSPS) is 45.5. The Labute approximate surface area is 181 Å². The molecule has 0 aliphatic heterocycles. The van der Waals surface area contributed by atoms with Crippen LogP contribution in [-0.2, 0) is 6.54 Å². The molecule has 4 aliphatic carbocycles. The second kappa shape index (κ2) is 7.43. The van der Waals surface area contributed by atoms with Crippen molar-refractivity contribution in [1.29, 1.82) is 0 Å². The van der Waals surface area contributed by atoms with Crippen LogP contribution in [0.15, 0.2) is 12.2 Å². The molecule has 1 aromatic rings. The second-order valence-electron chi connectivity index (χ2n) is 11.5. The summed E-state index contributed by atoms with van der Waals surface area (Å²) in [4.78, 5) is 0. The zero-order chi connectivity index (χ0) is 21.1. The number of allylic oxidation sites excluding steroid dienone is 1. The molecule has 8 atom stereocenters. The summed E-state index contributed by atoms with van der Waals surface area (Å²) in [6.07, 6.45) is 12.4. The lowest BCUT2D eigenvalue weighted by Crippen LogP contribution is -2.51. The Morgan fingerprint density at radius 1 is 1.10 bits per heavy atom. The van der Waals surface area contributed by atoms with Crippen LogP contribution in [0, 0.1) is 47.8 Å². The smallest absolute Gasteiger partial charge is 0.148 e. The Hall–Kier alpha value is -1.23. The first-order valence-corrected chi connectivity index (χ1v) is 12.5. The van der Waals surface area contributed by atoms with E-state index >= 15 is 0 Å². The summed E-state index contributed by atoms with van der Waals surface area (Å²) in [7, 11) is 0. The van der Waals surface area contributed by atoms with Crippen molar-refractivity contribution in [3.8, 4) is 0 Å². The van der Waals surface area contributed by atoms with Gasteiger partial charge in [-0.15, -0.1) is 5.10 Å². The second-order valence-corrected chi connectivity index (χ2v) is 11.5. The zero-order valence-corrected chi connectivity index (χ0v) is 19.2. The average molecular weight is 413 g/mol. The van der Waals surface area contributed by atoms with Gasteiger partial charge in [-0.1, -0.05) is 26.0 Å². The molecule has 0 bridgehead atoms. The first-order chi connectivity index (χ1) is 14.3. The van der Waals surface area contributed by atoms with Gasteiger partial charge in [-0.25, -0.2) is 4.68 Å². The lowest BCUT2D eigenvalue weighted by atomic mass is 9.48. The lowest BCUT2D eigenvalue weighted by molar-refractivity contribution is -0.105. The van der Waals surface area contributed by atoms with Gasteiger partial charge in [-0.05, 0) is 122 Å². The van der Waals surface area contributed by atoms with E-state index in [0.717, 1.165) is 61.2 Å². The van der Waals surface area contributed by atoms with E-state index in [-0.39, 0.29) is 5.60 Å². The standard InChI is InChI=1S/C25H40N4O/c1-5-25(30)13-11-19-18(14-25)6-7-21-20(19)10-12-24(4)22(8-9-23(21)24)16(2)15-29-17(3)26-27-28-29/h18-23,30H,2,5-15H2,1,3-4H3/t18-,19-,20+,21+,22+,23-,24+,25+/m0/s1. The van der Waals surface area contributed by atoms with Gasteiger partial charge in [0.1, 0.15) is 5.82 Å². The molecule has 166 valence electrons. The third kappa shape index (κ3) is 3.18. The van der Waals surface area contributed by atoms with Crippen LogP contribution >= 0.6 is 0 Å². The maximum Gasteiger partial charge on any atom is 0.148 e. The van der Waals surface area contributed by atoms with Crippen molar-refractivity contribution in [2.75, 3.05) is 0 Å². The van der Waals surface area contributed by atoms with Crippen LogP contribution in [0.2, 0.25) is 0 Å². The van der Waals surface area contributed by atoms with Crippen molar-refractivity contribution in [3.05, 3.63) is 18.0 Å². The van der Waals surface area contributed by atoms with Gasteiger partial charge in [0.05, 0.1) is 12.1 Å². The SMILES string of the molecule is C=C(Cn1nnnc1C)[C@H]1CC[C@H]2[C@@H]3CC[C@H]4C[C@@](O)(CC)CC[C@@H]4[C@H]3CC[C@]12C. The molecule has 1 aromatic heterocycles. The summed E-state index contributed by atoms with van der Waals surface area (Å²) in [5.74, 6) is 5.75. The van der Waals surface area contributed by atoms with Crippen LogP contribution in [-0.4, -0.2) is 30.9 Å². The fourth-order valence-electron chi connectivity index (χ4n) is 8.65. The van der Waals surface area contributed by atoms with Gasteiger partial charge >= 0.3 is 0 Å². The van der Waals surface area contributed by atoms with Gasteiger partial charge in [-0.2, -0.15) is 0 Å². The monoisotopic (exact) mass is 412 g/mol. The maximum atomic E-state index is 10.9. The van der Waals surface area contributed by atoms with E-state index in [4.69, 9.17) is 0 Å². The lowest BCUT2D eigenvalue weighted by Gasteiger charge is -2.57. The van der Waals surface area contributed by atoms with Crippen LogP contribution in [0.5, 0.6) is 0 Å². The number of tetrazole rings is 1. The van der Waals surface area contributed by atoms with Crippen LogP contribution in [0.4, 0.5) is 0 Å². The summed E-state index contributed by atoms with van der Waals surface area (Å²) < 4.78 is 1.91. The number of aromatic nitrogens is 4. The van der Waals surface area contributed by atoms with Gasteiger partial charge < -0.3 is 5.11 Å². The van der Waals surface area contributed by atoms with Gasteiger partial charge in [0.15, 0.2) is 0 Å². The van der Waals surface area contributed by atoms with E-state index in [1.165, 1.54) is 50.5 Å². The molecule has 0 aromatic carbocycles. The summed E-state index contributed by atoms with van der Waals surface area (Å²) in [5.41, 5.74) is 1.35. The number of fused-ring (bicyclic) bond motifs is 5. The first-order valence-electron chi connectivity index (χ1n) is 12.5. The Morgan fingerprint density at radius 3 is 2.63 bits per heavy atom. The van der Waals surface area contributed by atoms with Crippen LogP contribution in [0.3, 0.4) is 0 Å². The average Bonchev–Trinajstić information content (AvgIpc) is 3.30. The Bertz CT molecular complexity index is 805. The molecule has 0 radical (unpaired) electrons. The predicted molar refractivity (Wildman–Crippen MR) is 118 cm³/mol. The topological polar surface area (TPSA) is 63.8 Å². The molecule has 30 heavy (non-hydrogen) atoms. The number of aliphatic hydroxyl groups is 1. The molecule has 0 unspecified atom stereocenters. The highest BCUT2D eigenvalue weighted by Gasteiger charge is 2.57. The molecule has 0 spiro atoms. The Morgan fingerprint density at radius 2 is 1.90 bits per heavy atom. The fourth-order valence-corrected chi connectivity index (χ4v) is 8.65. The summed E-state index contributed by atoms with van der Waals surface area (Å²) in [5, 5.41) is 22.9. The minimum atomic E-state index is -0.373. The predicted octanol–water partition coefficient (Wildman–Crippen LogP) is 4.95. The minimum absolute atomic E-state index is 0.373. The Balaban J connectivity index is 1.31. The van der Waals surface area contributed by atoms with E-state index in [2.05, 4.69) is 36.0 Å². The molecule has 1 heterocycles. The van der Waals surface area contributed by atoms with E-state index < -0.39 is 0 Å². The highest BCUT2D eigenvalue weighted by molar-refractivity contribution is 5.15. The quantitative estimate of drug-likeness (QED) is 0.711. The third-order valence-electron chi connectivity index (χ3n) is 10.3. The van der Waals surface area contributed by atoms with Crippen molar-refractivity contribution >= 4 is 0 Å². The van der Waals surface area contributed by atoms with Crippen LogP contribution in [0.25, 0.3) is 0 Å². The molecule has 5 nitrogen and oxygen atoms in total. The number of aryl methyl sites for hydroxylation is 1. The summed E-state index contributed by atoms with van der Waals surface area (Å²) >= 11 is 0. The van der Waals surface area contributed by atoms with Crippen molar-refractivity contribution in [1.82, 2.24) is 20.2 Å². The van der Waals surface area contributed by atoms with Crippen molar-refractivity contribution < 1.29 is 5.11 Å². The number of hydrogen-bond donors (Lipinski definition) is 1. The van der Waals surface area contributed by atoms with Crippen molar-refractivity contribution in [2.45, 2.75) is 97.1 Å². The maximum absolute atomic E-state index is 10.9. The highest BCUT2D eigenvalue weighted by Crippen LogP contribution is 2.65. The highest BCUT2D eigenvalue weighted by atomic mass is 16.3. The van der Waals surface area contributed by atoms with Gasteiger partial charge in [0.2, 0.25) is 0 Å². The van der Waals surface area contributed by atoms with E-state index in [1.807, 2.05) is 11.6 Å². The fraction of sp³-hybridized carbons (Fsp3) is 0.880. The minimum Gasteiger partial charge on any atom is -0.390 e. The largest absolute Gasteiger partial charge is 0.390 e. The molecular formula is C25H40N4O. The van der Waals surface area contributed by atoms with E-state index in [1.54, 1.807) is 0 Å². The summed E-state index contributed by atoms with van der Waals surface area (Å²) in [6, 6.07) is 0. The molecule has 0 saturated heterocycles. The molecule has 5 heteroatoms. The molecule has 4 saturated carbocycles. The molecule has 0 amide bonds. The number of nitrogens with zero attached hydrogens (tertiary/aromatic N) is 4. The van der Waals surface area contributed by atoms with Gasteiger partial charge in [0, 0.05) is 0 Å².